The van der Waals surface area contributed by atoms with E-state index in [1.54, 1.807) is 19.6 Å². The first-order valence-corrected chi connectivity index (χ1v) is 21.7. The number of ether oxygens (including phenoxy) is 2. The van der Waals surface area contributed by atoms with Crippen LogP contribution in [0.4, 0.5) is 38.5 Å². The molecule has 0 aromatic heterocycles. The van der Waals surface area contributed by atoms with Gasteiger partial charge >= 0.3 is 12.2 Å². The third-order valence-corrected chi connectivity index (χ3v) is 9.43. The summed E-state index contributed by atoms with van der Waals surface area (Å²) in [6.45, 7) is 6.38. The van der Waals surface area contributed by atoms with Gasteiger partial charge in [-0.1, -0.05) is 74.2 Å². The van der Waals surface area contributed by atoms with Crippen LogP contribution in [-0.2, 0) is 45.6 Å². The summed E-state index contributed by atoms with van der Waals surface area (Å²) in [6, 6.07) is 23.4. The van der Waals surface area contributed by atoms with Crippen molar-refractivity contribution in [3.63, 3.8) is 0 Å². The summed E-state index contributed by atoms with van der Waals surface area (Å²) in [7, 11) is -2.17. The van der Waals surface area contributed by atoms with E-state index in [0.29, 0.717) is 52.4 Å². The largest absolute Gasteiger partial charge is 0.445 e. The molecule has 0 unspecified atom stereocenters. The third-order valence-electron chi connectivity index (χ3n) is 9.43. The predicted molar refractivity (Wildman–Crippen MR) is 238 cm³/mol. The van der Waals surface area contributed by atoms with Gasteiger partial charge in [0.1, 0.15) is 36.5 Å². The molecule has 0 bridgehead atoms. The number of carbonyl (C=O) groups is 2. The van der Waals surface area contributed by atoms with E-state index in [9.17, 15) is 40.7 Å². The van der Waals surface area contributed by atoms with Crippen LogP contribution in [0.5, 0.6) is 0 Å². The number of primary sulfonamides is 1. The fourth-order valence-corrected chi connectivity index (χ4v) is 6.31. The number of anilines is 2. The van der Waals surface area contributed by atoms with E-state index in [0.717, 1.165) is 36.6 Å². The van der Waals surface area contributed by atoms with Crippen LogP contribution < -0.4 is 14.9 Å². The smallest absolute Gasteiger partial charge is 0.410 e. The summed E-state index contributed by atoms with van der Waals surface area (Å²) < 4.78 is 86.7. The molecule has 352 valence electrons. The van der Waals surface area contributed by atoms with E-state index in [2.05, 4.69) is 11.7 Å². The molecule has 2 heterocycles. The van der Waals surface area contributed by atoms with Crippen LogP contribution in [0, 0.1) is 23.3 Å². The number of rotatable bonds is 11. The van der Waals surface area contributed by atoms with Crippen LogP contribution >= 0.6 is 0 Å². The molecule has 0 radical (unpaired) electrons. The molecule has 2 aliphatic heterocycles. The van der Waals surface area contributed by atoms with Crippen molar-refractivity contribution < 1.29 is 60.4 Å². The number of nitrogens with zero attached hydrogens (tertiary/aromatic N) is 4. The number of nitrogens with two attached hydrogens (primary N) is 1. The zero-order valence-corrected chi connectivity index (χ0v) is 36.0. The van der Waals surface area contributed by atoms with Crippen LogP contribution in [-0.4, -0.2) is 124 Å². The predicted octanol–water partition coefficient (Wildman–Crippen LogP) is 5.62. The van der Waals surface area contributed by atoms with Gasteiger partial charge in [-0.05, 0) is 40.8 Å². The average molecular weight is 922 g/mol. The lowest BCUT2D eigenvalue weighted by atomic mass is 10.1. The van der Waals surface area contributed by atoms with Crippen LogP contribution in [0.2, 0.25) is 0 Å². The van der Waals surface area contributed by atoms with Crippen molar-refractivity contribution in [3.05, 3.63) is 143 Å². The Morgan fingerprint density at radius 1 is 0.703 bits per heavy atom. The van der Waals surface area contributed by atoms with Crippen molar-refractivity contribution in [1.82, 2.24) is 9.80 Å². The molecular weight excluding hydrogens is 863 g/mol. The second-order valence-corrected chi connectivity index (χ2v) is 15.8. The van der Waals surface area contributed by atoms with Crippen LogP contribution in [0.15, 0.2) is 97.6 Å². The Kier molecular flexibility index (Phi) is 23.3. The molecule has 5 N–H and O–H groups in total. The van der Waals surface area contributed by atoms with Gasteiger partial charge in [0, 0.05) is 78.0 Å². The van der Waals surface area contributed by atoms with Crippen molar-refractivity contribution in [3.8, 4) is 0 Å². The minimum atomic E-state index is -3.17. The van der Waals surface area contributed by atoms with E-state index < -0.39 is 58.2 Å². The third kappa shape index (κ3) is 18.2. The lowest BCUT2D eigenvalue weighted by Gasteiger charge is -2.35. The second-order valence-electron chi connectivity index (χ2n) is 14.2. The van der Waals surface area contributed by atoms with E-state index in [1.165, 1.54) is 18.2 Å². The monoisotopic (exact) mass is 921 g/mol. The molecule has 19 heteroatoms. The highest BCUT2D eigenvalue weighted by Gasteiger charge is 2.26. The van der Waals surface area contributed by atoms with Crippen molar-refractivity contribution in [2.45, 2.75) is 39.6 Å². The number of halogens is 4. The topological polar surface area (TPSA) is 186 Å². The highest BCUT2D eigenvalue weighted by Crippen LogP contribution is 2.27. The first-order valence-electron chi connectivity index (χ1n) is 19.8. The number of allylic oxidation sites excluding steroid dienone is 1. The summed E-state index contributed by atoms with van der Waals surface area (Å²) in [5.41, 5.74) is 2.44. The lowest BCUT2D eigenvalue weighted by Crippen LogP contribution is -2.49. The maximum Gasteiger partial charge on any atom is 0.410 e. The van der Waals surface area contributed by atoms with Gasteiger partial charge in [0.2, 0.25) is 10.0 Å². The molecule has 4 aromatic rings. The Morgan fingerprint density at radius 3 is 1.42 bits per heavy atom. The minimum Gasteiger partial charge on any atom is -0.445 e. The summed E-state index contributed by atoms with van der Waals surface area (Å²) in [5, 5.41) is 29.6. The normalized spacial score (nSPS) is 13.9. The molecule has 0 spiro atoms. The Hall–Kier alpha value is -5.73. The Morgan fingerprint density at radius 2 is 1.06 bits per heavy atom. The number of piperazine rings is 2. The molecule has 1 atom stereocenters. The number of sulfonamides is 1. The molecule has 2 saturated heterocycles. The molecule has 0 aliphatic carbocycles. The molecule has 2 aliphatic rings. The molecular formula is C45H59F4N5O9S. The number of aliphatic hydroxyl groups excluding tert-OH is 3. The molecule has 14 nitrogen and oxygen atoms in total. The van der Waals surface area contributed by atoms with Crippen molar-refractivity contribution >= 4 is 33.6 Å². The van der Waals surface area contributed by atoms with E-state index in [-0.39, 0.29) is 56.0 Å². The second kappa shape index (κ2) is 27.5. The zero-order valence-electron chi connectivity index (χ0n) is 35.2. The van der Waals surface area contributed by atoms with Gasteiger partial charge in [-0.15, -0.1) is 6.58 Å². The first-order chi connectivity index (χ1) is 30.1. The van der Waals surface area contributed by atoms with Crippen LogP contribution in [0.25, 0.3) is 0 Å². The first kappa shape index (κ1) is 54.4. The Labute approximate surface area is 372 Å². The fourth-order valence-electron chi connectivity index (χ4n) is 6.31. The molecule has 0 saturated carbocycles. The number of benzene rings is 4. The van der Waals surface area contributed by atoms with Crippen LogP contribution in [0.1, 0.15) is 29.7 Å². The van der Waals surface area contributed by atoms with Gasteiger partial charge in [0.25, 0.3) is 0 Å². The quantitative estimate of drug-likeness (QED) is 0.108. The van der Waals surface area contributed by atoms with E-state index in [1.807, 2.05) is 60.7 Å². The number of amides is 2. The highest BCUT2D eigenvalue weighted by molar-refractivity contribution is 7.88. The van der Waals surface area contributed by atoms with E-state index >= 15 is 0 Å². The number of carbonyl (C=O) groups excluding carboxylic acids is 2. The van der Waals surface area contributed by atoms with Crippen molar-refractivity contribution in [2.24, 2.45) is 5.14 Å². The van der Waals surface area contributed by atoms with Gasteiger partial charge in [-0.25, -0.2) is 40.7 Å². The SMILES string of the molecule is C.C=CCc1cc(F)c(N2CCN(C(=O)OCc3ccccc3)CC2)cc1F.CO.CS(N)(=O)=O.O=C(OCc1ccccc1)N1CCN(c2cc(F)c(C[C@H](O)CO)cc2F)CC1. The lowest BCUT2D eigenvalue weighted by molar-refractivity contribution is 0.0934. The fraction of sp³-hybridized carbons (Fsp3) is 0.378. The maximum absolute atomic E-state index is 14.5. The Balaban J connectivity index is 0.000000380. The van der Waals surface area contributed by atoms with Gasteiger partial charge in [-0.2, -0.15) is 0 Å². The van der Waals surface area contributed by atoms with Gasteiger partial charge in [-0.3, -0.25) is 0 Å². The van der Waals surface area contributed by atoms with E-state index in [4.69, 9.17) is 19.7 Å². The summed E-state index contributed by atoms with van der Waals surface area (Å²) in [5.74, 6) is -2.16. The van der Waals surface area contributed by atoms with Gasteiger partial charge in [0.05, 0.1) is 30.3 Å². The minimum absolute atomic E-state index is 0. The van der Waals surface area contributed by atoms with Crippen molar-refractivity contribution in [1.29, 1.82) is 0 Å². The standard InChI is InChI=1S/C21H24F2N2O4.C21H22F2N2O2.CH5NO2S.CH4O.CH4/c22-18-12-20(19(23)11-16(18)10-17(27)13-26)24-6-8-25(9-7-24)21(28)29-14-15-4-2-1-3-5-15;1-2-6-17-13-19(23)20(14-18(17)22)24-9-11-25(12-10-24)21(26)27-15-16-7-4-3-5-8-16;1-5(2,3)4;1-2;/h1-5,11-12,17,26-27H,6-10,13-14H2;2-5,7-8,13-14H,1,6,9-12,15H2;1H3,(H2,2,3,4);2H,1H3;1H4/t17-;;;;/m0..../s1. The summed E-state index contributed by atoms with van der Waals surface area (Å²) >= 11 is 0. The summed E-state index contributed by atoms with van der Waals surface area (Å²) in [4.78, 5) is 31.0. The van der Waals surface area contributed by atoms with Crippen molar-refractivity contribution in [2.75, 3.05) is 82.1 Å². The molecule has 6 rings (SSSR count). The maximum atomic E-state index is 14.5. The molecule has 2 amide bonds. The molecule has 2 fully saturated rings. The number of aliphatic hydroxyl groups is 3. The number of hydrogen-bond acceptors (Lipinski definition) is 11. The molecule has 4 aromatic carbocycles. The highest BCUT2D eigenvalue weighted by atomic mass is 32.2. The summed E-state index contributed by atoms with van der Waals surface area (Å²) in [6.07, 6.45) is 0.620. The Bertz CT molecular complexity index is 2150. The zero-order chi connectivity index (χ0) is 46.5. The van der Waals surface area contributed by atoms with Crippen LogP contribution in [0.3, 0.4) is 0 Å². The molecule has 64 heavy (non-hydrogen) atoms. The van der Waals surface area contributed by atoms with Gasteiger partial charge < -0.3 is 44.4 Å². The average Bonchev–Trinajstić information content (AvgIpc) is 3.28. The van der Waals surface area contributed by atoms with Gasteiger partial charge in [0.15, 0.2) is 0 Å². The number of hydrogen-bond donors (Lipinski definition) is 4.